The van der Waals surface area contributed by atoms with E-state index in [-0.39, 0.29) is 17.9 Å². The Morgan fingerprint density at radius 3 is 2.56 bits per heavy atom. The molecule has 1 amide bonds. The minimum absolute atomic E-state index is 0.0359. The molecule has 5 aromatic rings. The zero-order valence-electron chi connectivity index (χ0n) is 19.0. The van der Waals surface area contributed by atoms with Gasteiger partial charge in [0.25, 0.3) is 5.56 Å². The van der Waals surface area contributed by atoms with Crippen LogP contribution in [-0.2, 0) is 11.2 Å². The normalized spacial score (nSPS) is 11.1. The van der Waals surface area contributed by atoms with Crippen LogP contribution in [0.25, 0.3) is 27.7 Å². The van der Waals surface area contributed by atoms with E-state index in [1.54, 1.807) is 18.2 Å². The third-order valence-corrected chi connectivity index (χ3v) is 6.61. The average Bonchev–Trinajstić information content (AvgIpc) is 3.40. The van der Waals surface area contributed by atoms with Crippen LogP contribution in [0, 0.1) is 20.8 Å². The van der Waals surface area contributed by atoms with E-state index in [9.17, 15) is 9.59 Å². The maximum absolute atomic E-state index is 12.7. The predicted octanol–water partition coefficient (Wildman–Crippen LogP) is 4.94. The van der Waals surface area contributed by atoms with E-state index in [0.717, 1.165) is 28.3 Å². The van der Waals surface area contributed by atoms with Gasteiger partial charge < -0.3 is 9.88 Å². The number of carbonyl (C=O) groups excluding carboxylic acids is 1. The lowest BCUT2D eigenvalue weighted by atomic mass is 10.1. The molecule has 0 spiro atoms. The summed E-state index contributed by atoms with van der Waals surface area (Å²) in [4.78, 5) is 29.3. The molecule has 0 saturated heterocycles. The summed E-state index contributed by atoms with van der Waals surface area (Å²) in [7, 11) is 0. The van der Waals surface area contributed by atoms with Crippen LogP contribution in [0.15, 0.2) is 64.8 Å². The quantitative estimate of drug-likeness (QED) is 0.381. The van der Waals surface area contributed by atoms with Gasteiger partial charge in [0.1, 0.15) is 0 Å². The molecule has 3 aromatic heterocycles. The molecule has 0 saturated carbocycles. The first-order chi connectivity index (χ1) is 16.4. The van der Waals surface area contributed by atoms with Crippen LogP contribution in [0.3, 0.4) is 0 Å². The second-order valence-corrected chi connectivity index (χ2v) is 9.12. The Morgan fingerprint density at radius 2 is 1.79 bits per heavy atom. The second-order valence-electron chi connectivity index (χ2n) is 8.26. The number of thiazole rings is 1. The Morgan fingerprint density at radius 1 is 1.06 bits per heavy atom. The Bertz CT molecular complexity index is 1580. The molecule has 0 bridgehead atoms. The molecule has 0 aliphatic carbocycles. The van der Waals surface area contributed by atoms with E-state index in [1.807, 2.05) is 11.4 Å². The first-order valence-electron chi connectivity index (χ1n) is 10.9. The van der Waals surface area contributed by atoms with Crippen LogP contribution >= 0.6 is 11.3 Å². The lowest BCUT2D eigenvalue weighted by molar-refractivity contribution is -0.115. The van der Waals surface area contributed by atoms with Crippen molar-refractivity contribution in [1.29, 1.82) is 0 Å². The first kappa shape index (κ1) is 21.8. The molecule has 0 aliphatic rings. The van der Waals surface area contributed by atoms with E-state index in [0.29, 0.717) is 21.6 Å². The number of rotatable bonds is 5. The number of aryl methyl sites for hydroxylation is 2. The smallest absolute Gasteiger partial charge is 0.272 e. The van der Waals surface area contributed by atoms with Gasteiger partial charge in [-0.15, -0.1) is 11.3 Å². The van der Waals surface area contributed by atoms with Crippen molar-refractivity contribution in [2.45, 2.75) is 27.2 Å². The standard InChI is InChI=1S/C26H23N5O2S/c1-15-8-10-18(11-9-15)31-16(2)12-21(17(31)3)23-14-34-26(27-23)28-24(32)13-22-19-6-4-5-7-20(19)25(33)30-29-22/h4-12,14H,13H2,1-3H3,(H,30,33)(H,27,28,32). The molecule has 0 unspecified atom stereocenters. The molecule has 0 atom stereocenters. The highest BCUT2D eigenvalue weighted by Gasteiger charge is 2.17. The van der Waals surface area contributed by atoms with E-state index >= 15 is 0 Å². The van der Waals surface area contributed by atoms with Crippen molar-refractivity contribution in [1.82, 2.24) is 19.7 Å². The van der Waals surface area contributed by atoms with Gasteiger partial charge >= 0.3 is 0 Å². The van der Waals surface area contributed by atoms with Gasteiger partial charge in [-0.2, -0.15) is 5.10 Å². The van der Waals surface area contributed by atoms with Crippen molar-refractivity contribution in [2.75, 3.05) is 5.32 Å². The van der Waals surface area contributed by atoms with E-state index in [1.165, 1.54) is 16.9 Å². The third-order valence-electron chi connectivity index (χ3n) is 5.85. The highest BCUT2D eigenvalue weighted by Crippen LogP contribution is 2.31. The summed E-state index contributed by atoms with van der Waals surface area (Å²) in [5.41, 5.74) is 6.63. The Labute approximate surface area is 200 Å². The number of anilines is 1. The number of nitrogens with one attached hydrogen (secondary N) is 2. The molecule has 170 valence electrons. The number of aromatic nitrogens is 4. The molecule has 34 heavy (non-hydrogen) atoms. The molecule has 0 radical (unpaired) electrons. The lowest BCUT2D eigenvalue weighted by Gasteiger charge is -2.10. The van der Waals surface area contributed by atoms with Crippen molar-refractivity contribution in [2.24, 2.45) is 0 Å². The maximum atomic E-state index is 12.7. The third kappa shape index (κ3) is 4.04. The Hall–Kier alpha value is -4.04. The highest BCUT2D eigenvalue weighted by atomic mass is 32.1. The fraction of sp³-hybridized carbons (Fsp3) is 0.154. The molecule has 7 nitrogen and oxygen atoms in total. The van der Waals surface area contributed by atoms with Gasteiger partial charge in [-0.1, -0.05) is 35.9 Å². The summed E-state index contributed by atoms with van der Waals surface area (Å²) in [6.07, 6.45) is 0.0359. The molecular formula is C26H23N5O2S. The molecule has 8 heteroatoms. The molecule has 3 heterocycles. The van der Waals surface area contributed by atoms with Crippen LogP contribution in [0.2, 0.25) is 0 Å². The van der Waals surface area contributed by atoms with Crippen LogP contribution < -0.4 is 10.9 Å². The van der Waals surface area contributed by atoms with Gasteiger partial charge in [0.15, 0.2) is 5.13 Å². The van der Waals surface area contributed by atoms with Crippen LogP contribution in [-0.4, -0.2) is 25.7 Å². The number of hydrogen-bond donors (Lipinski definition) is 2. The van der Waals surface area contributed by atoms with E-state index < -0.39 is 0 Å². The SMILES string of the molecule is Cc1ccc(-n2c(C)cc(-c3csc(NC(=O)Cc4n[nH]c(=O)c5ccccc45)n3)c2C)cc1. The minimum atomic E-state index is -0.271. The van der Waals surface area contributed by atoms with Crippen molar-refractivity contribution >= 4 is 33.1 Å². The minimum Gasteiger partial charge on any atom is -0.318 e. The molecule has 2 N–H and O–H groups in total. The average molecular weight is 470 g/mol. The predicted molar refractivity (Wildman–Crippen MR) is 136 cm³/mol. The number of aromatic amines is 1. The zero-order chi connectivity index (χ0) is 23.8. The monoisotopic (exact) mass is 469 g/mol. The summed E-state index contributed by atoms with van der Waals surface area (Å²) < 4.78 is 2.21. The molecule has 2 aromatic carbocycles. The topological polar surface area (TPSA) is 92.7 Å². The lowest BCUT2D eigenvalue weighted by Crippen LogP contribution is -2.18. The van der Waals surface area contributed by atoms with Crippen LogP contribution in [0.4, 0.5) is 5.13 Å². The number of nitrogens with zero attached hydrogens (tertiary/aromatic N) is 3. The number of fused-ring (bicyclic) bond motifs is 1. The van der Waals surface area contributed by atoms with Gasteiger partial charge in [0, 0.05) is 33.4 Å². The highest BCUT2D eigenvalue weighted by molar-refractivity contribution is 7.14. The van der Waals surface area contributed by atoms with Gasteiger partial charge in [0.2, 0.25) is 5.91 Å². The van der Waals surface area contributed by atoms with Crippen LogP contribution in [0.1, 0.15) is 22.6 Å². The van der Waals surface area contributed by atoms with Gasteiger partial charge in [-0.3, -0.25) is 9.59 Å². The Kier molecular flexibility index (Phi) is 5.59. The van der Waals surface area contributed by atoms with Crippen molar-refractivity contribution in [3.63, 3.8) is 0 Å². The van der Waals surface area contributed by atoms with E-state index in [4.69, 9.17) is 0 Å². The first-order valence-corrected chi connectivity index (χ1v) is 11.8. The number of benzene rings is 2. The maximum Gasteiger partial charge on any atom is 0.272 e. The van der Waals surface area contributed by atoms with Gasteiger partial charge in [0.05, 0.1) is 23.2 Å². The summed E-state index contributed by atoms with van der Waals surface area (Å²) in [5.74, 6) is -0.240. The molecule has 5 rings (SSSR count). The van der Waals surface area contributed by atoms with Gasteiger partial charge in [-0.25, -0.2) is 10.1 Å². The zero-order valence-corrected chi connectivity index (χ0v) is 19.9. The number of amides is 1. The second kappa shape index (κ2) is 8.72. The number of carbonyl (C=O) groups is 1. The Balaban J connectivity index is 1.37. The molecule has 0 aliphatic heterocycles. The summed E-state index contributed by atoms with van der Waals surface area (Å²) in [5, 5.41) is 13.1. The number of H-pyrrole nitrogens is 1. The van der Waals surface area contributed by atoms with Gasteiger partial charge in [-0.05, 0) is 45.0 Å². The molecular weight excluding hydrogens is 446 g/mol. The van der Waals surface area contributed by atoms with Crippen molar-refractivity contribution in [3.8, 4) is 16.9 Å². The summed E-state index contributed by atoms with van der Waals surface area (Å²) >= 11 is 1.38. The fourth-order valence-electron chi connectivity index (χ4n) is 4.19. The largest absolute Gasteiger partial charge is 0.318 e. The van der Waals surface area contributed by atoms with Crippen LogP contribution in [0.5, 0.6) is 0 Å². The van der Waals surface area contributed by atoms with Crippen molar-refractivity contribution < 1.29 is 4.79 Å². The van der Waals surface area contributed by atoms with Crippen molar-refractivity contribution in [3.05, 3.63) is 93.0 Å². The number of hydrogen-bond acceptors (Lipinski definition) is 5. The summed E-state index contributed by atoms with van der Waals surface area (Å²) in [6, 6.07) is 17.7. The summed E-state index contributed by atoms with van der Waals surface area (Å²) in [6.45, 7) is 6.23. The van der Waals surface area contributed by atoms with E-state index in [2.05, 4.69) is 76.2 Å². The fourth-order valence-corrected chi connectivity index (χ4v) is 4.92. The molecule has 0 fully saturated rings.